The van der Waals surface area contributed by atoms with Crippen molar-refractivity contribution >= 4 is 5.97 Å². The van der Waals surface area contributed by atoms with Crippen LogP contribution in [0.2, 0.25) is 0 Å². The monoisotopic (exact) mass is 222 g/mol. The Morgan fingerprint density at radius 2 is 2.31 bits per heavy atom. The Kier molecular flexibility index (Phi) is 2.73. The lowest BCUT2D eigenvalue weighted by molar-refractivity contribution is -0.144. The van der Waals surface area contributed by atoms with Crippen molar-refractivity contribution in [1.29, 1.82) is 0 Å². The highest BCUT2D eigenvalue weighted by molar-refractivity contribution is 5.72. The maximum Gasteiger partial charge on any atom is 0.310 e. The van der Waals surface area contributed by atoms with Crippen LogP contribution >= 0.6 is 0 Å². The van der Waals surface area contributed by atoms with Gasteiger partial charge in [-0.1, -0.05) is 19.1 Å². The zero-order valence-corrected chi connectivity index (χ0v) is 9.27. The van der Waals surface area contributed by atoms with Crippen LogP contribution in [-0.2, 0) is 4.79 Å². The number of aliphatic carboxylic acids is 1. The standard InChI is InChI=1S/C12H14O4/c1-7-8-4-3-5-10(15-2)11(8)16-6-9(7)12(13)14/h3-5,7,9H,6H2,1-2H3,(H,13,14). The second-order valence-corrected chi connectivity index (χ2v) is 3.92. The van der Waals surface area contributed by atoms with Crippen LogP contribution in [-0.4, -0.2) is 24.8 Å². The zero-order valence-electron chi connectivity index (χ0n) is 9.27. The fraction of sp³-hybridized carbons (Fsp3) is 0.417. The van der Waals surface area contributed by atoms with Crippen LogP contribution in [0, 0.1) is 5.92 Å². The van der Waals surface area contributed by atoms with Crippen molar-refractivity contribution in [2.45, 2.75) is 12.8 Å². The van der Waals surface area contributed by atoms with E-state index in [-0.39, 0.29) is 12.5 Å². The van der Waals surface area contributed by atoms with Crippen LogP contribution in [0.15, 0.2) is 18.2 Å². The third-order valence-electron chi connectivity index (χ3n) is 3.05. The highest BCUT2D eigenvalue weighted by Gasteiger charge is 2.34. The van der Waals surface area contributed by atoms with Gasteiger partial charge < -0.3 is 14.6 Å². The molecule has 0 fully saturated rings. The summed E-state index contributed by atoms with van der Waals surface area (Å²) in [6, 6.07) is 5.55. The molecule has 0 amide bonds. The van der Waals surface area contributed by atoms with Gasteiger partial charge in [0.05, 0.1) is 13.0 Å². The smallest absolute Gasteiger partial charge is 0.310 e. The Bertz CT molecular complexity index is 413. The van der Waals surface area contributed by atoms with E-state index in [1.807, 2.05) is 25.1 Å². The number of carboxylic acids is 1. The molecule has 0 bridgehead atoms. The van der Waals surface area contributed by atoms with Gasteiger partial charge in [0.25, 0.3) is 0 Å². The van der Waals surface area contributed by atoms with Gasteiger partial charge in [0.2, 0.25) is 0 Å². The molecule has 86 valence electrons. The summed E-state index contributed by atoms with van der Waals surface area (Å²) in [4.78, 5) is 11.0. The van der Waals surface area contributed by atoms with Crippen LogP contribution < -0.4 is 9.47 Å². The van der Waals surface area contributed by atoms with E-state index in [9.17, 15) is 4.79 Å². The minimum Gasteiger partial charge on any atom is -0.493 e. The van der Waals surface area contributed by atoms with E-state index in [1.54, 1.807) is 7.11 Å². The van der Waals surface area contributed by atoms with E-state index in [2.05, 4.69) is 0 Å². The summed E-state index contributed by atoms with van der Waals surface area (Å²) in [5.41, 5.74) is 0.901. The Balaban J connectivity index is 2.42. The van der Waals surface area contributed by atoms with E-state index in [0.717, 1.165) is 5.56 Å². The van der Waals surface area contributed by atoms with Gasteiger partial charge in [-0.25, -0.2) is 0 Å². The molecule has 2 atom stereocenters. The molecule has 0 aliphatic carbocycles. The molecule has 2 rings (SSSR count). The summed E-state index contributed by atoms with van der Waals surface area (Å²) < 4.78 is 10.7. The maximum atomic E-state index is 11.0. The lowest BCUT2D eigenvalue weighted by Crippen LogP contribution is -2.31. The van der Waals surface area contributed by atoms with Crippen LogP contribution in [0.3, 0.4) is 0 Å². The maximum absolute atomic E-state index is 11.0. The van der Waals surface area contributed by atoms with Crippen molar-refractivity contribution in [2.75, 3.05) is 13.7 Å². The predicted octanol–water partition coefficient (Wildman–Crippen LogP) is 1.89. The fourth-order valence-corrected chi connectivity index (χ4v) is 2.03. The molecular formula is C12H14O4. The normalized spacial score (nSPS) is 23.1. The first-order valence-corrected chi connectivity index (χ1v) is 5.17. The average molecular weight is 222 g/mol. The van der Waals surface area contributed by atoms with Crippen LogP contribution in [0.5, 0.6) is 11.5 Å². The number of para-hydroxylation sites is 1. The van der Waals surface area contributed by atoms with E-state index >= 15 is 0 Å². The minimum absolute atomic E-state index is 0.0589. The number of benzene rings is 1. The number of fused-ring (bicyclic) bond motifs is 1. The van der Waals surface area contributed by atoms with Crippen molar-refractivity contribution in [1.82, 2.24) is 0 Å². The topological polar surface area (TPSA) is 55.8 Å². The molecule has 0 saturated heterocycles. The highest BCUT2D eigenvalue weighted by atomic mass is 16.5. The molecular weight excluding hydrogens is 208 g/mol. The van der Waals surface area contributed by atoms with Crippen molar-refractivity contribution in [3.05, 3.63) is 23.8 Å². The van der Waals surface area contributed by atoms with Gasteiger partial charge in [-0.15, -0.1) is 0 Å². The largest absolute Gasteiger partial charge is 0.493 e. The average Bonchev–Trinajstić information content (AvgIpc) is 2.28. The van der Waals surface area contributed by atoms with E-state index in [1.165, 1.54) is 0 Å². The Hall–Kier alpha value is -1.71. The van der Waals surface area contributed by atoms with Crippen molar-refractivity contribution in [2.24, 2.45) is 5.92 Å². The van der Waals surface area contributed by atoms with Gasteiger partial charge in [-0.05, 0) is 6.07 Å². The van der Waals surface area contributed by atoms with Crippen molar-refractivity contribution < 1.29 is 19.4 Å². The lowest BCUT2D eigenvalue weighted by Gasteiger charge is -2.29. The number of ether oxygens (including phenoxy) is 2. The minimum atomic E-state index is -0.819. The van der Waals surface area contributed by atoms with Crippen LogP contribution in [0.4, 0.5) is 0 Å². The summed E-state index contributed by atoms with van der Waals surface area (Å²) in [5.74, 6) is -0.0277. The second kappa shape index (κ2) is 4.04. The molecule has 0 saturated carbocycles. The third kappa shape index (κ3) is 1.60. The van der Waals surface area contributed by atoms with Gasteiger partial charge in [0, 0.05) is 11.5 Å². The number of rotatable bonds is 2. The van der Waals surface area contributed by atoms with Gasteiger partial charge in [0.1, 0.15) is 6.61 Å². The quantitative estimate of drug-likeness (QED) is 0.830. The molecule has 2 unspecified atom stereocenters. The summed E-state index contributed by atoms with van der Waals surface area (Å²) in [6.45, 7) is 2.10. The van der Waals surface area contributed by atoms with Crippen molar-refractivity contribution in [3.8, 4) is 11.5 Å². The number of hydrogen-bond donors (Lipinski definition) is 1. The molecule has 1 aromatic carbocycles. The molecule has 1 heterocycles. The number of carbonyl (C=O) groups is 1. The Morgan fingerprint density at radius 1 is 1.56 bits per heavy atom. The van der Waals surface area contributed by atoms with Crippen molar-refractivity contribution in [3.63, 3.8) is 0 Å². The summed E-state index contributed by atoms with van der Waals surface area (Å²) in [6.07, 6.45) is 0. The predicted molar refractivity (Wildman–Crippen MR) is 58.0 cm³/mol. The summed E-state index contributed by atoms with van der Waals surface area (Å²) >= 11 is 0. The van der Waals surface area contributed by atoms with E-state index < -0.39 is 11.9 Å². The molecule has 1 N–H and O–H groups in total. The molecule has 4 heteroatoms. The molecule has 0 spiro atoms. The number of methoxy groups -OCH3 is 1. The number of carboxylic acid groups (broad SMARTS) is 1. The summed E-state index contributed by atoms with van der Waals surface area (Å²) in [7, 11) is 1.58. The second-order valence-electron chi connectivity index (χ2n) is 3.92. The zero-order chi connectivity index (χ0) is 11.7. The first kappa shape index (κ1) is 10.8. The van der Waals surface area contributed by atoms with Gasteiger partial charge in [-0.2, -0.15) is 0 Å². The summed E-state index contributed by atoms with van der Waals surface area (Å²) in [5, 5.41) is 9.05. The molecule has 1 aliphatic heterocycles. The van der Waals surface area contributed by atoms with Gasteiger partial charge in [-0.3, -0.25) is 4.79 Å². The molecule has 4 nitrogen and oxygen atoms in total. The Labute approximate surface area is 93.8 Å². The highest BCUT2D eigenvalue weighted by Crippen LogP contribution is 2.42. The molecule has 1 aromatic rings. The number of hydrogen-bond acceptors (Lipinski definition) is 3. The first-order valence-electron chi connectivity index (χ1n) is 5.17. The third-order valence-corrected chi connectivity index (χ3v) is 3.05. The molecule has 0 radical (unpaired) electrons. The van der Waals surface area contributed by atoms with E-state index in [4.69, 9.17) is 14.6 Å². The van der Waals surface area contributed by atoms with Crippen LogP contribution in [0.25, 0.3) is 0 Å². The first-order chi connectivity index (χ1) is 7.65. The van der Waals surface area contributed by atoms with Crippen LogP contribution in [0.1, 0.15) is 18.4 Å². The lowest BCUT2D eigenvalue weighted by atomic mass is 9.85. The Morgan fingerprint density at radius 3 is 2.94 bits per heavy atom. The molecule has 16 heavy (non-hydrogen) atoms. The fourth-order valence-electron chi connectivity index (χ4n) is 2.03. The molecule has 1 aliphatic rings. The SMILES string of the molecule is COc1cccc2c1OCC(C(=O)O)C2C. The van der Waals surface area contributed by atoms with Gasteiger partial charge in [0.15, 0.2) is 11.5 Å². The molecule has 0 aromatic heterocycles. The van der Waals surface area contributed by atoms with Gasteiger partial charge >= 0.3 is 5.97 Å². The van der Waals surface area contributed by atoms with E-state index in [0.29, 0.717) is 11.5 Å².